The number of aliphatic carboxylic acids is 1. The van der Waals surface area contributed by atoms with Crippen molar-refractivity contribution in [3.63, 3.8) is 0 Å². The predicted octanol–water partition coefficient (Wildman–Crippen LogP) is 1.29. The van der Waals surface area contributed by atoms with Gasteiger partial charge in [0.15, 0.2) is 0 Å². The predicted molar refractivity (Wildman–Crippen MR) is 78.1 cm³/mol. The Morgan fingerprint density at radius 2 is 2.19 bits per heavy atom. The average molecular weight is 309 g/mol. The quantitative estimate of drug-likeness (QED) is 0.649. The molecule has 0 aromatic heterocycles. The summed E-state index contributed by atoms with van der Waals surface area (Å²) in [7, 11) is 0. The molecule has 1 fully saturated rings. The third-order valence-electron chi connectivity index (χ3n) is 3.13. The average Bonchev–Trinajstić information content (AvgIpc) is 2.41. The molecule has 2 rings (SSSR count). The maximum absolute atomic E-state index is 11.7. The molecule has 1 aromatic rings. The first-order valence-corrected chi connectivity index (χ1v) is 6.58. The van der Waals surface area contributed by atoms with Crippen molar-refractivity contribution in [2.24, 2.45) is 0 Å². The lowest BCUT2D eigenvalue weighted by atomic mass is 10.1. The molecular formula is C14H13ClN2O4. The standard InChI is InChI=1S/C14H13ClN2O4/c1-8-14(21)16-11(18)7-17(8)13-9(5-6-12(19)20)3-2-4-10(13)15/h2-6,8H,7H2,1H3,(H,19,20)(H,16,18,21)/b6-5+. The van der Waals surface area contributed by atoms with E-state index in [9.17, 15) is 14.4 Å². The second-order valence-corrected chi connectivity index (χ2v) is 4.97. The van der Waals surface area contributed by atoms with E-state index in [-0.39, 0.29) is 6.54 Å². The fourth-order valence-electron chi connectivity index (χ4n) is 2.12. The van der Waals surface area contributed by atoms with Gasteiger partial charge in [-0.25, -0.2) is 4.79 Å². The highest BCUT2D eigenvalue weighted by molar-refractivity contribution is 6.34. The van der Waals surface area contributed by atoms with Crippen LogP contribution in [0.3, 0.4) is 0 Å². The van der Waals surface area contributed by atoms with Crippen LogP contribution >= 0.6 is 11.6 Å². The van der Waals surface area contributed by atoms with Gasteiger partial charge in [0.05, 0.1) is 17.3 Å². The highest BCUT2D eigenvalue weighted by atomic mass is 35.5. The fourth-order valence-corrected chi connectivity index (χ4v) is 2.41. The van der Waals surface area contributed by atoms with Gasteiger partial charge in [-0.15, -0.1) is 0 Å². The number of rotatable bonds is 3. The molecule has 0 saturated carbocycles. The van der Waals surface area contributed by atoms with Gasteiger partial charge in [0.25, 0.3) is 0 Å². The SMILES string of the molecule is CC1C(=O)NC(=O)CN1c1c(Cl)cccc1/C=C/C(=O)O. The zero-order valence-corrected chi connectivity index (χ0v) is 11.9. The molecule has 1 aliphatic rings. The van der Waals surface area contributed by atoms with E-state index < -0.39 is 23.8 Å². The van der Waals surface area contributed by atoms with Crippen molar-refractivity contribution >= 4 is 41.1 Å². The number of carboxylic acid groups (broad SMARTS) is 1. The molecule has 0 bridgehead atoms. The molecule has 0 aliphatic carbocycles. The Bertz CT molecular complexity index is 642. The van der Waals surface area contributed by atoms with Crippen LogP contribution in [-0.2, 0) is 14.4 Å². The summed E-state index contributed by atoms with van der Waals surface area (Å²) in [6.45, 7) is 1.63. The summed E-state index contributed by atoms with van der Waals surface area (Å²) in [6, 6.07) is 4.38. The minimum atomic E-state index is -1.10. The van der Waals surface area contributed by atoms with Crippen molar-refractivity contribution < 1.29 is 19.5 Å². The molecule has 110 valence electrons. The molecule has 7 heteroatoms. The van der Waals surface area contributed by atoms with Gasteiger partial charge < -0.3 is 10.0 Å². The first kappa shape index (κ1) is 15.1. The van der Waals surface area contributed by atoms with Crippen LogP contribution in [0.25, 0.3) is 6.08 Å². The van der Waals surface area contributed by atoms with Crippen molar-refractivity contribution in [1.29, 1.82) is 0 Å². The van der Waals surface area contributed by atoms with Gasteiger partial charge in [-0.2, -0.15) is 0 Å². The van der Waals surface area contributed by atoms with Crippen LogP contribution in [0, 0.1) is 0 Å². The molecule has 6 nitrogen and oxygen atoms in total. The van der Waals surface area contributed by atoms with Gasteiger partial charge in [0, 0.05) is 6.08 Å². The number of halogens is 1. The van der Waals surface area contributed by atoms with Crippen LogP contribution in [0.15, 0.2) is 24.3 Å². The monoisotopic (exact) mass is 308 g/mol. The van der Waals surface area contributed by atoms with Crippen LogP contribution in [0.5, 0.6) is 0 Å². The largest absolute Gasteiger partial charge is 0.478 e. The Morgan fingerprint density at radius 3 is 2.86 bits per heavy atom. The normalized spacial score (nSPS) is 19.0. The molecule has 0 spiro atoms. The summed E-state index contributed by atoms with van der Waals surface area (Å²) in [4.78, 5) is 35.5. The van der Waals surface area contributed by atoms with Crippen molar-refractivity contribution in [2.75, 3.05) is 11.4 Å². The molecule has 21 heavy (non-hydrogen) atoms. The number of piperazine rings is 1. The van der Waals surface area contributed by atoms with Crippen molar-refractivity contribution in [3.8, 4) is 0 Å². The molecule has 0 radical (unpaired) electrons. The summed E-state index contributed by atoms with van der Waals surface area (Å²) >= 11 is 6.17. The second kappa shape index (κ2) is 5.97. The van der Waals surface area contributed by atoms with Gasteiger partial charge in [0.1, 0.15) is 6.04 Å². The highest BCUT2D eigenvalue weighted by Gasteiger charge is 2.32. The topological polar surface area (TPSA) is 86.7 Å². The number of carboxylic acids is 1. The molecule has 1 atom stereocenters. The molecule has 1 aromatic carbocycles. The molecular weight excluding hydrogens is 296 g/mol. The van der Waals surface area contributed by atoms with E-state index in [4.69, 9.17) is 16.7 Å². The Labute approximate surface area is 126 Å². The summed E-state index contributed by atoms with van der Waals surface area (Å²) in [5.41, 5.74) is 0.992. The Balaban J connectivity index is 2.49. The van der Waals surface area contributed by atoms with E-state index in [2.05, 4.69) is 5.32 Å². The van der Waals surface area contributed by atoms with Crippen LogP contribution in [0.2, 0.25) is 5.02 Å². The van der Waals surface area contributed by atoms with Gasteiger partial charge >= 0.3 is 5.97 Å². The summed E-state index contributed by atoms with van der Waals surface area (Å²) in [6.07, 6.45) is 2.36. The second-order valence-electron chi connectivity index (χ2n) is 4.57. The number of benzene rings is 1. The third-order valence-corrected chi connectivity index (χ3v) is 3.44. The number of imide groups is 1. The minimum absolute atomic E-state index is 0.0233. The maximum atomic E-state index is 11.7. The Hall–Kier alpha value is -2.34. The Morgan fingerprint density at radius 1 is 1.48 bits per heavy atom. The summed E-state index contributed by atoms with van der Waals surface area (Å²) in [5.74, 6) is -1.94. The van der Waals surface area contributed by atoms with Gasteiger partial charge in [-0.3, -0.25) is 14.9 Å². The molecule has 2 N–H and O–H groups in total. The zero-order valence-electron chi connectivity index (χ0n) is 11.2. The number of carbonyl (C=O) groups excluding carboxylic acids is 2. The molecule has 1 saturated heterocycles. The summed E-state index contributed by atoms with van der Waals surface area (Å²) < 4.78 is 0. The Kier molecular flexibility index (Phi) is 4.28. The number of anilines is 1. The van der Waals surface area contributed by atoms with E-state index in [0.29, 0.717) is 16.3 Å². The van der Waals surface area contributed by atoms with E-state index >= 15 is 0 Å². The first-order valence-electron chi connectivity index (χ1n) is 6.20. The lowest BCUT2D eigenvalue weighted by Gasteiger charge is -2.35. The summed E-state index contributed by atoms with van der Waals surface area (Å²) in [5, 5.41) is 11.3. The molecule has 2 amide bonds. The zero-order chi connectivity index (χ0) is 15.6. The van der Waals surface area contributed by atoms with Crippen molar-refractivity contribution in [2.45, 2.75) is 13.0 Å². The lowest BCUT2D eigenvalue weighted by Crippen LogP contribution is -2.57. The number of hydrogen-bond acceptors (Lipinski definition) is 4. The van der Waals surface area contributed by atoms with Crippen LogP contribution in [0.4, 0.5) is 5.69 Å². The first-order chi connectivity index (χ1) is 9.90. The minimum Gasteiger partial charge on any atom is -0.478 e. The van der Waals surface area contributed by atoms with Gasteiger partial charge in [-0.1, -0.05) is 23.7 Å². The van der Waals surface area contributed by atoms with Crippen molar-refractivity contribution in [3.05, 3.63) is 34.9 Å². The number of amides is 2. The molecule has 1 unspecified atom stereocenters. The van der Waals surface area contributed by atoms with Crippen molar-refractivity contribution in [1.82, 2.24) is 5.32 Å². The van der Waals surface area contributed by atoms with E-state index in [1.165, 1.54) is 6.08 Å². The lowest BCUT2D eigenvalue weighted by molar-refractivity contribution is -0.133. The highest BCUT2D eigenvalue weighted by Crippen LogP contribution is 2.33. The number of hydrogen-bond donors (Lipinski definition) is 2. The maximum Gasteiger partial charge on any atom is 0.328 e. The smallest absolute Gasteiger partial charge is 0.328 e. The third kappa shape index (κ3) is 3.22. The number of nitrogens with one attached hydrogen (secondary N) is 1. The van der Waals surface area contributed by atoms with Crippen LogP contribution in [-0.4, -0.2) is 35.5 Å². The fraction of sp³-hybridized carbons (Fsp3) is 0.214. The van der Waals surface area contributed by atoms with Crippen LogP contribution in [0.1, 0.15) is 12.5 Å². The van der Waals surface area contributed by atoms with E-state index in [1.807, 2.05) is 0 Å². The molecule has 1 aliphatic heterocycles. The number of para-hydroxylation sites is 1. The van der Waals surface area contributed by atoms with Crippen LogP contribution < -0.4 is 10.2 Å². The van der Waals surface area contributed by atoms with E-state index in [1.54, 1.807) is 30.0 Å². The number of carbonyl (C=O) groups is 3. The van der Waals surface area contributed by atoms with Gasteiger partial charge in [-0.05, 0) is 24.6 Å². The molecule has 1 heterocycles. The van der Waals surface area contributed by atoms with E-state index in [0.717, 1.165) is 6.08 Å². The van der Waals surface area contributed by atoms with Gasteiger partial charge in [0.2, 0.25) is 11.8 Å². The number of nitrogens with zero attached hydrogens (tertiary/aromatic N) is 1.